The lowest BCUT2D eigenvalue weighted by molar-refractivity contribution is 0.187. The minimum atomic E-state index is 0.560. The molecule has 5 heteroatoms. The number of aromatic nitrogens is 2. The Labute approximate surface area is 126 Å². The number of anilines is 1. The summed E-state index contributed by atoms with van der Waals surface area (Å²) in [4.78, 5) is 13.9. The number of hydrogen-bond donors (Lipinski definition) is 0. The van der Waals surface area contributed by atoms with Gasteiger partial charge in [0.2, 0.25) is 0 Å². The Hall–Kier alpha value is -0.870. The van der Waals surface area contributed by atoms with E-state index in [9.17, 15) is 0 Å². The highest BCUT2D eigenvalue weighted by molar-refractivity contribution is 6.29. The van der Waals surface area contributed by atoms with Gasteiger partial charge in [-0.1, -0.05) is 31.4 Å². The van der Waals surface area contributed by atoms with Crippen LogP contribution in [0.2, 0.25) is 5.15 Å². The lowest BCUT2D eigenvalue weighted by atomic mass is 10.2. The molecule has 2 heterocycles. The quantitative estimate of drug-likeness (QED) is 0.803. The van der Waals surface area contributed by atoms with Crippen molar-refractivity contribution in [2.24, 2.45) is 0 Å². The summed E-state index contributed by atoms with van der Waals surface area (Å²) in [5.74, 6) is 1.83. The molecule has 4 nitrogen and oxygen atoms in total. The first kappa shape index (κ1) is 14.1. The summed E-state index contributed by atoms with van der Waals surface area (Å²) in [5.41, 5.74) is 0. The van der Waals surface area contributed by atoms with Gasteiger partial charge in [-0.2, -0.15) is 0 Å². The van der Waals surface area contributed by atoms with Gasteiger partial charge >= 0.3 is 0 Å². The molecule has 110 valence electrons. The summed E-state index contributed by atoms with van der Waals surface area (Å²) in [7, 11) is 0. The number of aryl methyl sites for hydroxylation is 1. The summed E-state index contributed by atoms with van der Waals surface area (Å²) < 4.78 is 0. The van der Waals surface area contributed by atoms with Gasteiger partial charge in [-0.3, -0.25) is 4.90 Å². The standard InChI is InChI=1S/C15H23ClN4/c1-2-14-17-13(16)11-15(18-14)20-9-7-19(8-10-20)12-5-3-4-6-12/h11-12H,2-10H2,1H3. The molecule has 2 aliphatic rings. The Morgan fingerprint density at radius 3 is 2.50 bits per heavy atom. The Morgan fingerprint density at radius 2 is 1.85 bits per heavy atom. The van der Waals surface area contributed by atoms with E-state index in [1.165, 1.54) is 25.7 Å². The lowest BCUT2D eigenvalue weighted by Gasteiger charge is -2.38. The second-order valence-corrected chi connectivity index (χ2v) is 6.17. The largest absolute Gasteiger partial charge is 0.354 e. The van der Waals surface area contributed by atoms with Crippen LogP contribution in [0.5, 0.6) is 0 Å². The predicted octanol–water partition coefficient (Wildman–Crippen LogP) is 2.76. The highest BCUT2D eigenvalue weighted by atomic mass is 35.5. The SMILES string of the molecule is CCc1nc(Cl)cc(N2CCN(C3CCCC3)CC2)n1. The normalized spacial score (nSPS) is 21.6. The monoisotopic (exact) mass is 294 g/mol. The third-order valence-corrected chi connectivity index (χ3v) is 4.72. The molecule has 1 aromatic rings. The third kappa shape index (κ3) is 3.07. The van der Waals surface area contributed by atoms with E-state index in [1.54, 1.807) is 0 Å². The fraction of sp³-hybridized carbons (Fsp3) is 0.733. The van der Waals surface area contributed by atoms with Crippen molar-refractivity contribution in [3.8, 4) is 0 Å². The van der Waals surface area contributed by atoms with Crippen molar-refractivity contribution in [3.63, 3.8) is 0 Å². The van der Waals surface area contributed by atoms with Crippen molar-refractivity contribution in [2.45, 2.75) is 45.1 Å². The smallest absolute Gasteiger partial charge is 0.134 e. The average molecular weight is 295 g/mol. The first-order valence-electron chi connectivity index (χ1n) is 7.78. The number of halogens is 1. The van der Waals surface area contributed by atoms with Crippen molar-refractivity contribution in [1.29, 1.82) is 0 Å². The molecule has 2 fully saturated rings. The van der Waals surface area contributed by atoms with Crippen LogP contribution in [-0.4, -0.2) is 47.1 Å². The van der Waals surface area contributed by atoms with Gasteiger partial charge in [0.05, 0.1) is 0 Å². The van der Waals surface area contributed by atoms with Crippen molar-refractivity contribution in [3.05, 3.63) is 17.0 Å². The molecule has 1 aliphatic heterocycles. The molecule has 3 rings (SSSR count). The van der Waals surface area contributed by atoms with Crippen molar-refractivity contribution >= 4 is 17.4 Å². The highest BCUT2D eigenvalue weighted by Crippen LogP contribution is 2.25. The fourth-order valence-electron chi connectivity index (χ4n) is 3.36. The third-order valence-electron chi connectivity index (χ3n) is 4.52. The van der Waals surface area contributed by atoms with E-state index in [2.05, 4.69) is 26.7 Å². The molecule has 1 saturated heterocycles. The second-order valence-electron chi connectivity index (χ2n) is 5.78. The van der Waals surface area contributed by atoms with E-state index < -0.39 is 0 Å². The van der Waals surface area contributed by atoms with E-state index in [0.29, 0.717) is 5.15 Å². The summed E-state index contributed by atoms with van der Waals surface area (Å²) in [6, 6.07) is 2.73. The number of nitrogens with zero attached hydrogens (tertiary/aromatic N) is 4. The molecule has 0 amide bonds. The van der Waals surface area contributed by atoms with Crippen LogP contribution in [0.25, 0.3) is 0 Å². The second kappa shape index (κ2) is 6.27. The zero-order valence-corrected chi connectivity index (χ0v) is 12.9. The first-order valence-corrected chi connectivity index (χ1v) is 8.16. The molecule has 1 aromatic heterocycles. The van der Waals surface area contributed by atoms with Gasteiger partial charge in [0.15, 0.2) is 0 Å². The fourth-order valence-corrected chi connectivity index (χ4v) is 3.55. The van der Waals surface area contributed by atoms with Crippen LogP contribution in [0, 0.1) is 0 Å². The molecule has 0 N–H and O–H groups in total. The van der Waals surface area contributed by atoms with Crippen molar-refractivity contribution in [1.82, 2.24) is 14.9 Å². The predicted molar refractivity (Wildman–Crippen MR) is 82.5 cm³/mol. The molecule has 0 spiro atoms. The number of rotatable bonds is 3. The maximum absolute atomic E-state index is 6.09. The molecule has 0 aromatic carbocycles. The Kier molecular flexibility index (Phi) is 4.41. The van der Waals surface area contributed by atoms with Gasteiger partial charge in [0, 0.05) is 44.7 Å². The molecule has 0 bridgehead atoms. The molecule has 0 atom stereocenters. The van der Waals surface area contributed by atoms with Crippen LogP contribution >= 0.6 is 11.6 Å². The van der Waals surface area contributed by atoms with Crippen LogP contribution in [0.1, 0.15) is 38.4 Å². The van der Waals surface area contributed by atoms with Crippen LogP contribution in [-0.2, 0) is 6.42 Å². The topological polar surface area (TPSA) is 32.3 Å². The first-order chi connectivity index (χ1) is 9.76. The van der Waals surface area contributed by atoms with E-state index in [-0.39, 0.29) is 0 Å². The van der Waals surface area contributed by atoms with Crippen LogP contribution in [0.15, 0.2) is 6.07 Å². The maximum Gasteiger partial charge on any atom is 0.134 e. The Bertz CT molecular complexity index is 451. The molecule has 0 radical (unpaired) electrons. The Morgan fingerprint density at radius 1 is 1.15 bits per heavy atom. The van der Waals surface area contributed by atoms with Gasteiger partial charge in [0.25, 0.3) is 0 Å². The zero-order valence-electron chi connectivity index (χ0n) is 12.2. The summed E-state index contributed by atoms with van der Waals surface area (Å²) >= 11 is 6.09. The molecule has 1 saturated carbocycles. The van der Waals surface area contributed by atoms with Crippen molar-refractivity contribution in [2.75, 3.05) is 31.1 Å². The minimum absolute atomic E-state index is 0.560. The lowest BCUT2D eigenvalue weighted by Crippen LogP contribution is -2.50. The summed E-state index contributed by atoms with van der Waals surface area (Å²) in [6.45, 7) is 6.45. The van der Waals surface area contributed by atoms with Crippen molar-refractivity contribution < 1.29 is 0 Å². The van der Waals surface area contributed by atoms with Gasteiger partial charge in [-0.05, 0) is 12.8 Å². The highest BCUT2D eigenvalue weighted by Gasteiger charge is 2.26. The van der Waals surface area contributed by atoms with Gasteiger partial charge in [0.1, 0.15) is 16.8 Å². The molecular formula is C15H23ClN4. The van der Waals surface area contributed by atoms with Crippen LogP contribution in [0.3, 0.4) is 0 Å². The van der Waals surface area contributed by atoms with Gasteiger partial charge < -0.3 is 4.90 Å². The zero-order chi connectivity index (χ0) is 13.9. The van der Waals surface area contributed by atoms with E-state index in [4.69, 9.17) is 11.6 Å². The Balaban J connectivity index is 1.64. The molecule has 1 aliphatic carbocycles. The molecular weight excluding hydrogens is 272 g/mol. The maximum atomic E-state index is 6.09. The van der Waals surface area contributed by atoms with Crippen LogP contribution in [0.4, 0.5) is 5.82 Å². The number of hydrogen-bond acceptors (Lipinski definition) is 4. The summed E-state index contributed by atoms with van der Waals surface area (Å²) in [6.07, 6.45) is 6.42. The summed E-state index contributed by atoms with van der Waals surface area (Å²) in [5, 5.41) is 0.560. The van der Waals surface area contributed by atoms with Gasteiger partial charge in [-0.25, -0.2) is 9.97 Å². The van der Waals surface area contributed by atoms with Crippen LogP contribution < -0.4 is 4.90 Å². The van der Waals surface area contributed by atoms with E-state index in [0.717, 1.165) is 50.3 Å². The van der Waals surface area contributed by atoms with E-state index >= 15 is 0 Å². The minimum Gasteiger partial charge on any atom is -0.354 e. The molecule has 20 heavy (non-hydrogen) atoms. The van der Waals surface area contributed by atoms with Gasteiger partial charge in [-0.15, -0.1) is 0 Å². The molecule has 0 unspecified atom stereocenters. The van der Waals surface area contributed by atoms with E-state index in [1.807, 2.05) is 6.07 Å². The number of piperazine rings is 1. The average Bonchev–Trinajstić information content (AvgIpc) is 3.01.